The zero-order chi connectivity index (χ0) is 14.8. The molecule has 0 fully saturated rings. The molecule has 0 spiro atoms. The number of hydrogen-bond donors (Lipinski definition) is 1. The second kappa shape index (κ2) is 8.60. The van der Waals surface area contributed by atoms with Gasteiger partial charge in [-0.1, -0.05) is 48.2 Å². The normalized spacial score (nSPS) is 10.7. The molecule has 0 aliphatic heterocycles. The lowest BCUT2D eigenvalue weighted by Gasteiger charge is -2.02. The van der Waals surface area contributed by atoms with E-state index in [1.807, 2.05) is 42.5 Å². The molecule has 1 aromatic heterocycles. The van der Waals surface area contributed by atoms with E-state index in [0.29, 0.717) is 13.2 Å². The third-order valence-corrected chi connectivity index (χ3v) is 2.82. The van der Waals surface area contributed by atoms with Crippen LogP contribution in [0.1, 0.15) is 16.8 Å². The Morgan fingerprint density at radius 3 is 2.76 bits per heavy atom. The molecule has 1 heterocycles. The van der Waals surface area contributed by atoms with Crippen LogP contribution >= 0.6 is 0 Å². The quantitative estimate of drug-likeness (QED) is 0.459. The molecule has 0 aliphatic rings. The minimum atomic E-state index is 0.427. The predicted octanol–water partition coefficient (Wildman–Crippen LogP) is 3.36. The minimum absolute atomic E-state index is 0.427. The van der Waals surface area contributed by atoms with Gasteiger partial charge in [0.1, 0.15) is 6.61 Å². The molecule has 21 heavy (non-hydrogen) atoms. The Bertz CT molecular complexity index is 567. The van der Waals surface area contributed by atoms with Gasteiger partial charge in [-0.2, -0.15) is 10.7 Å². The fourth-order valence-corrected chi connectivity index (χ4v) is 1.68. The monoisotopic (exact) mass is 282 g/mol. The first-order chi connectivity index (χ1) is 10.4. The lowest BCUT2D eigenvalue weighted by atomic mass is 10.1. The van der Waals surface area contributed by atoms with Gasteiger partial charge in [-0.25, -0.2) is 0 Å². The molecule has 108 valence electrons. The molecule has 5 heteroatoms. The first-order valence-corrected chi connectivity index (χ1v) is 6.73. The summed E-state index contributed by atoms with van der Waals surface area (Å²) >= 11 is 0. The molecule has 0 saturated carbocycles. The van der Waals surface area contributed by atoms with E-state index < -0.39 is 0 Å². The maximum atomic E-state index is 5.19. The van der Waals surface area contributed by atoms with Crippen molar-refractivity contribution < 1.29 is 4.84 Å². The number of nitrogens with one attached hydrogen (secondary N) is 1. The zero-order valence-electron chi connectivity index (χ0n) is 11.8. The van der Waals surface area contributed by atoms with Crippen LogP contribution in [-0.2, 0) is 17.9 Å². The van der Waals surface area contributed by atoms with E-state index in [9.17, 15) is 0 Å². The second-order valence-electron chi connectivity index (χ2n) is 4.36. The van der Waals surface area contributed by atoms with Crippen LogP contribution < -0.4 is 5.59 Å². The van der Waals surface area contributed by atoms with Gasteiger partial charge in [0.25, 0.3) is 0 Å². The third kappa shape index (κ3) is 5.54. The molecule has 0 radical (unpaired) electrons. The maximum absolute atomic E-state index is 5.19. The summed E-state index contributed by atoms with van der Waals surface area (Å²) in [5.41, 5.74) is 5.60. The average Bonchev–Trinajstić information content (AvgIpc) is 2.55. The van der Waals surface area contributed by atoms with Gasteiger partial charge in [0.2, 0.25) is 0 Å². The summed E-state index contributed by atoms with van der Waals surface area (Å²) < 4.78 is 0. The smallest absolute Gasteiger partial charge is 0.102 e. The molecule has 2 aromatic rings. The number of pyridine rings is 1. The zero-order valence-corrected chi connectivity index (χ0v) is 11.8. The Balaban J connectivity index is 1.60. The van der Waals surface area contributed by atoms with E-state index in [4.69, 9.17) is 4.84 Å². The number of hydrogen-bond acceptors (Lipinski definition) is 4. The van der Waals surface area contributed by atoms with Crippen LogP contribution in [0.2, 0.25) is 0 Å². The fraction of sp³-hybridized carbons (Fsp3) is 0.188. The Hall–Kier alpha value is -2.53. The fourth-order valence-electron chi connectivity index (χ4n) is 1.68. The molecule has 1 N–H and O–H groups in total. The van der Waals surface area contributed by atoms with Crippen LogP contribution in [0.15, 0.2) is 65.6 Å². The van der Waals surface area contributed by atoms with Gasteiger partial charge >= 0.3 is 0 Å². The van der Waals surface area contributed by atoms with Gasteiger partial charge in [0, 0.05) is 18.3 Å². The van der Waals surface area contributed by atoms with Gasteiger partial charge in [-0.3, -0.25) is 9.82 Å². The van der Waals surface area contributed by atoms with E-state index in [-0.39, 0.29) is 0 Å². The van der Waals surface area contributed by atoms with Crippen molar-refractivity contribution >= 4 is 6.08 Å². The molecule has 0 aliphatic carbocycles. The summed E-state index contributed by atoms with van der Waals surface area (Å²) in [4.78, 5) is 9.40. The molecule has 0 bridgehead atoms. The number of aromatic nitrogens is 1. The highest BCUT2D eigenvalue weighted by Gasteiger charge is 1.93. The lowest BCUT2D eigenvalue weighted by Crippen LogP contribution is -2.06. The molecule has 0 atom stereocenters. The summed E-state index contributed by atoms with van der Waals surface area (Å²) in [6.07, 6.45) is 4.33. The van der Waals surface area contributed by atoms with Gasteiger partial charge in [0.15, 0.2) is 0 Å². The first kappa shape index (κ1) is 14.9. The van der Waals surface area contributed by atoms with E-state index in [1.165, 1.54) is 0 Å². The molecule has 0 unspecified atom stereocenters. The van der Waals surface area contributed by atoms with Crippen LogP contribution in [-0.4, -0.2) is 11.5 Å². The largest absolute Gasteiger partial charge is 0.261 e. The Labute approximate surface area is 124 Å². The Morgan fingerprint density at radius 1 is 1.19 bits per heavy atom. The van der Waals surface area contributed by atoms with Gasteiger partial charge in [-0.15, -0.1) is 0 Å². The average molecular weight is 282 g/mol. The van der Waals surface area contributed by atoms with Crippen LogP contribution in [0, 0.1) is 0 Å². The second-order valence-corrected chi connectivity index (χ2v) is 4.36. The van der Waals surface area contributed by atoms with E-state index >= 15 is 0 Å². The van der Waals surface area contributed by atoms with Crippen molar-refractivity contribution in [1.29, 1.82) is 0 Å². The summed E-state index contributed by atoms with van der Waals surface area (Å²) in [6, 6.07) is 13.8. The molecular formula is C16H18N4O. The lowest BCUT2D eigenvalue weighted by molar-refractivity contribution is 0.0241. The summed E-state index contributed by atoms with van der Waals surface area (Å²) in [7, 11) is 0. The minimum Gasteiger partial charge on any atom is -0.261 e. The van der Waals surface area contributed by atoms with Crippen LogP contribution in [0.4, 0.5) is 0 Å². The van der Waals surface area contributed by atoms with Crippen LogP contribution in [0.3, 0.4) is 0 Å². The molecule has 5 nitrogen and oxygen atoms in total. The molecule has 2 rings (SSSR count). The van der Waals surface area contributed by atoms with Crippen molar-refractivity contribution in [2.75, 3.05) is 6.54 Å². The highest BCUT2D eigenvalue weighted by atomic mass is 16.7. The SMILES string of the molecule is C=Cc1ccc(CONN=NCCc2ccccn2)cc1. The molecule has 1 aromatic carbocycles. The highest BCUT2D eigenvalue weighted by Crippen LogP contribution is 2.05. The van der Waals surface area contributed by atoms with Crippen molar-refractivity contribution in [2.45, 2.75) is 13.0 Å². The standard InChI is InChI=1S/C16H18N4O/c1-2-14-6-8-15(9-7-14)13-21-20-19-18-12-10-16-5-3-4-11-17-16/h2-9,11H,1,10,12-13H2,(H,18,20). The van der Waals surface area contributed by atoms with Gasteiger partial charge in [0.05, 0.1) is 6.54 Å². The summed E-state index contributed by atoms with van der Waals surface area (Å²) in [5, 5.41) is 7.70. The number of nitrogens with zero attached hydrogens (tertiary/aromatic N) is 3. The van der Waals surface area contributed by atoms with Crippen LogP contribution in [0.5, 0.6) is 0 Å². The van der Waals surface area contributed by atoms with Crippen LogP contribution in [0.25, 0.3) is 6.08 Å². The van der Waals surface area contributed by atoms with Crippen molar-refractivity contribution in [3.63, 3.8) is 0 Å². The van der Waals surface area contributed by atoms with Gasteiger partial charge in [-0.05, 0) is 23.3 Å². The maximum Gasteiger partial charge on any atom is 0.102 e. The van der Waals surface area contributed by atoms with E-state index in [0.717, 1.165) is 23.2 Å². The first-order valence-electron chi connectivity index (χ1n) is 6.73. The number of benzene rings is 1. The molecule has 0 saturated heterocycles. The Kier molecular flexibility index (Phi) is 6.09. The van der Waals surface area contributed by atoms with Crippen molar-refractivity contribution in [2.24, 2.45) is 10.3 Å². The van der Waals surface area contributed by atoms with Crippen molar-refractivity contribution in [3.8, 4) is 0 Å². The predicted molar refractivity (Wildman–Crippen MR) is 82.1 cm³/mol. The van der Waals surface area contributed by atoms with E-state index in [2.05, 4.69) is 27.5 Å². The molecule has 0 amide bonds. The Morgan fingerprint density at radius 2 is 2.05 bits per heavy atom. The van der Waals surface area contributed by atoms with Gasteiger partial charge < -0.3 is 0 Å². The topological polar surface area (TPSA) is 58.9 Å². The van der Waals surface area contributed by atoms with Crippen molar-refractivity contribution in [3.05, 3.63) is 72.1 Å². The third-order valence-electron chi connectivity index (χ3n) is 2.82. The van der Waals surface area contributed by atoms with Crippen molar-refractivity contribution in [1.82, 2.24) is 10.6 Å². The summed E-state index contributed by atoms with van der Waals surface area (Å²) in [6.45, 7) is 4.71. The number of rotatable bonds is 8. The molecular weight excluding hydrogens is 264 g/mol. The summed E-state index contributed by atoms with van der Waals surface area (Å²) in [5.74, 6) is 0. The van der Waals surface area contributed by atoms with E-state index in [1.54, 1.807) is 12.3 Å². The highest BCUT2D eigenvalue weighted by molar-refractivity contribution is 5.47.